The molecule has 3 nitrogen and oxygen atoms in total. The Morgan fingerprint density at radius 1 is 1.50 bits per heavy atom. The number of aliphatic hydroxyl groups excluding tert-OH is 1. The molecule has 1 unspecified atom stereocenters. The molecule has 0 aliphatic heterocycles. The standard InChI is InChI=1S/C13H15FN2OS/c1-9-16-7-12(18-9)6-15-8-13(17)10-3-2-4-11(14)5-10/h2-5,7,13,15,17H,6,8H2,1H3. The van der Waals surface area contributed by atoms with Crippen molar-refractivity contribution < 1.29 is 9.50 Å². The third-order valence-electron chi connectivity index (χ3n) is 2.54. The van der Waals surface area contributed by atoms with Crippen molar-refractivity contribution in [2.75, 3.05) is 6.54 Å². The highest BCUT2D eigenvalue weighted by molar-refractivity contribution is 7.11. The van der Waals surface area contributed by atoms with E-state index in [4.69, 9.17) is 0 Å². The van der Waals surface area contributed by atoms with Crippen LogP contribution >= 0.6 is 11.3 Å². The number of nitrogens with zero attached hydrogens (tertiary/aromatic N) is 1. The second kappa shape index (κ2) is 6.04. The fourth-order valence-electron chi connectivity index (χ4n) is 1.65. The van der Waals surface area contributed by atoms with Crippen molar-refractivity contribution in [3.8, 4) is 0 Å². The number of hydrogen-bond donors (Lipinski definition) is 2. The number of aliphatic hydroxyl groups is 1. The molecular weight excluding hydrogens is 251 g/mol. The summed E-state index contributed by atoms with van der Waals surface area (Å²) in [4.78, 5) is 5.27. The van der Waals surface area contributed by atoms with Gasteiger partial charge in [-0.3, -0.25) is 0 Å². The first kappa shape index (κ1) is 13.1. The van der Waals surface area contributed by atoms with E-state index in [1.807, 2.05) is 13.1 Å². The Balaban J connectivity index is 1.83. The topological polar surface area (TPSA) is 45.2 Å². The third kappa shape index (κ3) is 3.60. The van der Waals surface area contributed by atoms with Gasteiger partial charge in [-0.25, -0.2) is 9.37 Å². The molecule has 0 spiro atoms. The van der Waals surface area contributed by atoms with Crippen LogP contribution < -0.4 is 5.32 Å². The fourth-order valence-corrected chi connectivity index (χ4v) is 2.42. The minimum atomic E-state index is -0.699. The zero-order valence-corrected chi connectivity index (χ0v) is 10.9. The second-order valence-corrected chi connectivity index (χ2v) is 5.37. The lowest BCUT2D eigenvalue weighted by Gasteiger charge is -2.11. The molecule has 2 rings (SSSR count). The third-order valence-corrected chi connectivity index (χ3v) is 3.45. The number of aryl methyl sites for hydroxylation is 1. The van der Waals surface area contributed by atoms with Crippen LogP contribution in [0.15, 0.2) is 30.5 Å². The first-order valence-electron chi connectivity index (χ1n) is 5.70. The highest BCUT2D eigenvalue weighted by atomic mass is 32.1. The van der Waals surface area contributed by atoms with E-state index in [0.717, 1.165) is 9.88 Å². The Kier molecular flexibility index (Phi) is 4.41. The van der Waals surface area contributed by atoms with Crippen LogP contribution in [0.25, 0.3) is 0 Å². The van der Waals surface area contributed by atoms with Crippen molar-refractivity contribution >= 4 is 11.3 Å². The molecule has 0 fully saturated rings. The van der Waals surface area contributed by atoms with E-state index in [0.29, 0.717) is 18.7 Å². The SMILES string of the molecule is Cc1ncc(CNCC(O)c2cccc(F)c2)s1. The molecule has 0 bridgehead atoms. The molecule has 0 amide bonds. The first-order valence-corrected chi connectivity index (χ1v) is 6.52. The molecule has 18 heavy (non-hydrogen) atoms. The summed E-state index contributed by atoms with van der Waals surface area (Å²) in [6, 6.07) is 6.03. The molecule has 0 radical (unpaired) electrons. The number of hydrogen-bond acceptors (Lipinski definition) is 4. The van der Waals surface area contributed by atoms with Crippen LogP contribution in [0.1, 0.15) is 21.6 Å². The number of thiazole rings is 1. The molecule has 0 aliphatic rings. The van der Waals surface area contributed by atoms with Crippen LogP contribution in [0, 0.1) is 12.7 Å². The Hall–Kier alpha value is -1.30. The zero-order chi connectivity index (χ0) is 13.0. The predicted molar refractivity (Wildman–Crippen MR) is 69.9 cm³/mol. The Morgan fingerprint density at radius 2 is 2.33 bits per heavy atom. The van der Waals surface area contributed by atoms with Gasteiger partial charge in [0.15, 0.2) is 0 Å². The zero-order valence-electron chi connectivity index (χ0n) is 10.1. The van der Waals surface area contributed by atoms with E-state index < -0.39 is 6.10 Å². The summed E-state index contributed by atoms with van der Waals surface area (Å²) < 4.78 is 13.0. The molecule has 96 valence electrons. The Morgan fingerprint density at radius 3 is 3.00 bits per heavy atom. The molecule has 1 heterocycles. The maximum atomic E-state index is 13.0. The minimum absolute atomic E-state index is 0.329. The molecule has 1 aromatic heterocycles. The van der Waals surface area contributed by atoms with Crippen molar-refractivity contribution in [2.45, 2.75) is 19.6 Å². The van der Waals surface area contributed by atoms with Crippen molar-refractivity contribution in [1.29, 1.82) is 0 Å². The number of rotatable bonds is 5. The molecule has 0 saturated heterocycles. The second-order valence-electron chi connectivity index (χ2n) is 4.05. The van der Waals surface area contributed by atoms with Crippen LogP contribution in [0.4, 0.5) is 4.39 Å². The molecule has 0 aliphatic carbocycles. The van der Waals surface area contributed by atoms with Crippen LogP contribution in [-0.4, -0.2) is 16.6 Å². The molecule has 1 aromatic carbocycles. The minimum Gasteiger partial charge on any atom is -0.387 e. The van der Waals surface area contributed by atoms with E-state index >= 15 is 0 Å². The maximum Gasteiger partial charge on any atom is 0.123 e. The fraction of sp³-hybridized carbons (Fsp3) is 0.308. The average Bonchev–Trinajstić information content (AvgIpc) is 2.75. The number of nitrogens with one attached hydrogen (secondary N) is 1. The van der Waals surface area contributed by atoms with Gasteiger partial charge < -0.3 is 10.4 Å². The predicted octanol–water partition coefficient (Wildman–Crippen LogP) is 2.41. The largest absolute Gasteiger partial charge is 0.387 e. The van der Waals surface area contributed by atoms with Crippen molar-refractivity contribution in [3.05, 3.63) is 51.7 Å². The van der Waals surface area contributed by atoms with Gasteiger partial charge in [-0.1, -0.05) is 12.1 Å². The lowest BCUT2D eigenvalue weighted by molar-refractivity contribution is 0.174. The van der Waals surface area contributed by atoms with Gasteiger partial charge in [-0.05, 0) is 24.6 Å². The summed E-state index contributed by atoms with van der Waals surface area (Å²) >= 11 is 1.62. The van der Waals surface area contributed by atoms with Gasteiger partial charge in [0.25, 0.3) is 0 Å². The summed E-state index contributed by atoms with van der Waals surface area (Å²) in [6.45, 7) is 3.01. The summed E-state index contributed by atoms with van der Waals surface area (Å²) in [6.07, 6.45) is 1.12. The summed E-state index contributed by atoms with van der Waals surface area (Å²) in [5, 5.41) is 14.0. The summed E-state index contributed by atoms with van der Waals surface area (Å²) in [5.74, 6) is -0.329. The van der Waals surface area contributed by atoms with Gasteiger partial charge in [0.1, 0.15) is 5.82 Å². The van der Waals surface area contributed by atoms with Gasteiger partial charge >= 0.3 is 0 Å². The molecular formula is C13H15FN2OS. The molecule has 2 aromatic rings. The summed E-state index contributed by atoms with van der Waals surface area (Å²) in [7, 11) is 0. The smallest absolute Gasteiger partial charge is 0.123 e. The Bertz CT molecular complexity index is 515. The first-order chi connectivity index (χ1) is 8.65. The number of aromatic nitrogens is 1. The molecule has 5 heteroatoms. The van der Waals surface area contributed by atoms with Crippen molar-refractivity contribution in [3.63, 3.8) is 0 Å². The monoisotopic (exact) mass is 266 g/mol. The van der Waals surface area contributed by atoms with Gasteiger partial charge in [-0.15, -0.1) is 11.3 Å². The average molecular weight is 266 g/mol. The van der Waals surface area contributed by atoms with Crippen LogP contribution in [0.3, 0.4) is 0 Å². The molecule has 0 saturated carbocycles. The van der Waals surface area contributed by atoms with E-state index in [1.54, 1.807) is 23.5 Å². The van der Waals surface area contributed by atoms with Gasteiger partial charge in [0.05, 0.1) is 11.1 Å². The highest BCUT2D eigenvalue weighted by Crippen LogP contribution is 2.14. The van der Waals surface area contributed by atoms with Crippen LogP contribution in [-0.2, 0) is 6.54 Å². The van der Waals surface area contributed by atoms with Gasteiger partial charge in [-0.2, -0.15) is 0 Å². The lowest BCUT2D eigenvalue weighted by atomic mass is 10.1. The number of halogens is 1. The van der Waals surface area contributed by atoms with Crippen LogP contribution in [0.5, 0.6) is 0 Å². The normalized spacial score (nSPS) is 12.6. The molecule has 1 atom stereocenters. The Labute approximate surface area is 109 Å². The van der Waals surface area contributed by atoms with E-state index in [2.05, 4.69) is 10.3 Å². The van der Waals surface area contributed by atoms with Gasteiger partial charge in [0.2, 0.25) is 0 Å². The maximum absolute atomic E-state index is 13.0. The summed E-state index contributed by atoms with van der Waals surface area (Å²) in [5.41, 5.74) is 0.586. The van der Waals surface area contributed by atoms with Crippen molar-refractivity contribution in [2.24, 2.45) is 0 Å². The van der Waals surface area contributed by atoms with Gasteiger partial charge in [0, 0.05) is 24.2 Å². The lowest BCUT2D eigenvalue weighted by Crippen LogP contribution is -2.20. The van der Waals surface area contributed by atoms with Crippen molar-refractivity contribution in [1.82, 2.24) is 10.3 Å². The van der Waals surface area contributed by atoms with Crippen LogP contribution in [0.2, 0.25) is 0 Å². The van der Waals surface area contributed by atoms with E-state index in [-0.39, 0.29) is 5.82 Å². The van der Waals surface area contributed by atoms with E-state index in [1.165, 1.54) is 12.1 Å². The quantitative estimate of drug-likeness (QED) is 0.873. The number of benzene rings is 1. The van der Waals surface area contributed by atoms with E-state index in [9.17, 15) is 9.50 Å². The molecule has 2 N–H and O–H groups in total. The highest BCUT2D eigenvalue weighted by Gasteiger charge is 2.08.